The Morgan fingerprint density at radius 2 is 1.90 bits per heavy atom. The Labute approximate surface area is 125 Å². The van der Waals surface area contributed by atoms with Crippen molar-refractivity contribution in [1.82, 2.24) is 4.90 Å². The number of ketones is 1. The molecule has 1 atom stereocenters. The topological polar surface area (TPSA) is 20.3 Å². The number of hydrogen-bond donors (Lipinski definition) is 0. The van der Waals surface area contributed by atoms with Gasteiger partial charge in [0, 0.05) is 24.9 Å². The largest absolute Gasteiger partial charge is 0.303 e. The summed E-state index contributed by atoms with van der Waals surface area (Å²) in [4.78, 5) is 14.5. The van der Waals surface area contributed by atoms with Gasteiger partial charge in [-0.3, -0.25) is 4.79 Å². The fourth-order valence-electron chi connectivity index (χ4n) is 2.97. The van der Waals surface area contributed by atoms with Crippen LogP contribution < -0.4 is 0 Å². The van der Waals surface area contributed by atoms with Gasteiger partial charge in [0.15, 0.2) is 0 Å². The quantitative estimate of drug-likeness (QED) is 0.606. The Morgan fingerprint density at radius 1 is 1.25 bits per heavy atom. The summed E-state index contributed by atoms with van der Waals surface area (Å²) in [7, 11) is 2.15. The van der Waals surface area contributed by atoms with Crippen molar-refractivity contribution in [1.29, 1.82) is 0 Å². The maximum atomic E-state index is 12.2. The molecule has 2 nitrogen and oxygen atoms in total. The second-order valence-electron chi connectivity index (χ2n) is 6.74. The fraction of sp³-hybridized carbons (Fsp3) is 0.833. The SMILES string of the molecule is CC(C)=CCCC(C)N(C)CCC(=O)C1CCCCC1. The van der Waals surface area contributed by atoms with E-state index in [2.05, 4.69) is 38.8 Å². The predicted octanol–water partition coefficient (Wildman–Crippen LogP) is 4.59. The lowest BCUT2D eigenvalue weighted by atomic mass is 9.85. The third-order valence-electron chi connectivity index (χ3n) is 4.66. The van der Waals surface area contributed by atoms with Crippen LogP contribution in [0.5, 0.6) is 0 Å². The second kappa shape index (κ2) is 9.33. The number of nitrogens with zero attached hydrogens (tertiary/aromatic N) is 1. The molecule has 0 aliphatic heterocycles. The van der Waals surface area contributed by atoms with Gasteiger partial charge in [-0.05, 0) is 53.5 Å². The first-order valence-corrected chi connectivity index (χ1v) is 8.37. The highest BCUT2D eigenvalue weighted by Crippen LogP contribution is 2.25. The lowest BCUT2D eigenvalue weighted by Gasteiger charge is -2.26. The van der Waals surface area contributed by atoms with Gasteiger partial charge in [-0.15, -0.1) is 0 Å². The number of carbonyl (C=O) groups excluding carboxylic acids is 1. The molecule has 1 aliphatic rings. The first-order valence-electron chi connectivity index (χ1n) is 8.37. The summed E-state index contributed by atoms with van der Waals surface area (Å²) in [5.41, 5.74) is 1.40. The van der Waals surface area contributed by atoms with Crippen molar-refractivity contribution in [2.24, 2.45) is 5.92 Å². The van der Waals surface area contributed by atoms with Crippen molar-refractivity contribution in [3.63, 3.8) is 0 Å². The van der Waals surface area contributed by atoms with Gasteiger partial charge in [-0.1, -0.05) is 30.9 Å². The number of carbonyl (C=O) groups is 1. The average Bonchev–Trinajstić information content (AvgIpc) is 2.44. The first-order chi connectivity index (χ1) is 9.50. The van der Waals surface area contributed by atoms with Crippen molar-refractivity contribution in [3.05, 3.63) is 11.6 Å². The fourth-order valence-corrected chi connectivity index (χ4v) is 2.97. The summed E-state index contributed by atoms with van der Waals surface area (Å²) >= 11 is 0. The van der Waals surface area contributed by atoms with Gasteiger partial charge in [-0.25, -0.2) is 0 Å². The van der Waals surface area contributed by atoms with Crippen molar-refractivity contribution in [2.45, 2.75) is 78.2 Å². The molecule has 0 spiro atoms. The van der Waals surface area contributed by atoms with E-state index in [0.29, 0.717) is 17.7 Å². The molecule has 0 N–H and O–H groups in total. The van der Waals surface area contributed by atoms with Gasteiger partial charge in [0.25, 0.3) is 0 Å². The summed E-state index contributed by atoms with van der Waals surface area (Å²) in [5, 5.41) is 0. The Hall–Kier alpha value is -0.630. The molecule has 0 aromatic heterocycles. The molecule has 1 unspecified atom stereocenters. The van der Waals surface area contributed by atoms with Crippen LogP contribution in [-0.4, -0.2) is 30.3 Å². The van der Waals surface area contributed by atoms with Crippen molar-refractivity contribution in [3.8, 4) is 0 Å². The van der Waals surface area contributed by atoms with Crippen LogP contribution in [0.1, 0.15) is 72.1 Å². The van der Waals surface area contributed by atoms with Crippen LogP contribution in [0, 0.1) is 5.92 Å². The minimum atomic E-state index is 0.373. The van der Waals surface area contributed by atoms with Gasteiger partial charge < -0.3 is 4.90 Å². The first kappa shape index (κ1) is 17.4. The van der Waals surface area contributed by atoms with Gasteiger partial charge in [0.05, 0.1) is 0 Å². The maximum absolute atomic E-state index is 12.2. The van der Waals surface area contributed by atoms with Crippen molar-refractivity contribution >= 4 is 5.78 Å². The molecule has 0 aromatic rings. The molecule has 0 amide bonds. The Balaban J connectivity index is 2.22. The molecular formula is C18H33NO. The lowest BCUT2D eigenvalue weighted by Crippen LogP contribution is -2.32. The summed E-state index contributed by atoms with van der Waals surface area (Å²) in [6, 6.07) is 0.560. The van der Waals surface area contributed by atoms with Gasteiger partial charge in [0.2, 0.25) is 0 Å². The molecule has 1 saturated carbocycles. The molecule has 2 heteroatoms. The van der Waals surface area contributed by atoms with E-state index in [4.69, 9.17) is 0 Å². The number of rotatable bonds is 8. The molecule has 0 saturated heterocycles. The van der Waals surface area contributed by atoms with Crippen LogP contribution in [0.25, 0.3) is 0 Å². The Morgan fingerprint density at radius 3 is 2.50 bits per heavy atom. The number of allylic oxidation sites excluding steroid dienone is 2. The van der Waals surface area contributed by atoms with E-state index in [-0.39, 0.29) is 0 Å². The van der Waals surface area contributed by atoms with Crippen LogP contribution in [-0.2, 0) is 4.79 Å². The highest BCUT2D eigenvalue weighted by molar-refractivity contribution is 5.81. The van der Waals surface area contributed by atoms with E-state index < -0.39 is 0 Å². The highest BCUT2D eigenvalue weighted by atomic mass is 16.1. The number of hydrogen-bond acceptors (Lipinski definition) is 2. The molecule has 20 heavy (non-hydrogen) atoms. The van der Waals surface area contributed by atoms with Crippen LogP contribution in [0.2, 0.25) is 0 Å². The van der Waals surface area contributed by atoms with Crippen LogP contribution in [0.4, 0.5) is 0 Å². The van der Waals surface area contributed by atoms with E-state index in [1.807, 2.05) is 0 Å². The predicted molar refractivity (Wildman–Crippen MR) is 87.0 cm³/mol. The summed E-state index contributed by atoms with van der Waals surface area (Å²) in [6.45, 7) is 7.49. The van der Waals surface area contributed by atoms with E-state index in [0.717, 1.165) is 32.2 Å². The Bertz CT molecular complexity index is 311. The zero-order valence-corrected chi connectivity index (χ0v) is 14.0. The summed E-state index contributed by atoms with van der Waals surface area (Å²) < 4.78 is 0. The monoisotopic (exact) mass is 279 g/mol. The van der Waals surface area contributed by atoms with Crippen LogP contribution in [0.15, 0.2) is 11.6 Å². The van der Waals surface area contributed by atoms with Crippen LogP contribution in [0.3, 0.4) is 0 Å². The van der Waals surface area contributed by atoms with E-state index >= 15 is 0 Å². The standard InChI is InChI=1S/C18H33NO/c1-15(2)9-8-10-16(3)19(4)14-13-18(20)17-11-6-5-7-12-17/h9,16-17H,5-8,10-14H2,1-4H3. The smallest absolute Gasteiger partial charge is 0.137 e. The minimum Gasteiger partial charge on any atom is -0.303 e. The Kier molecular flexibility index (Phi) is 8.13. The molecule has 1 aliphatic carbocycles. The van der Waals surface area contributed by atoms with E-state index in [1.165, 1.54) is 31.3 Å². The molecule has 1 fully saturated rings. The third-order valence-corrected chi connectivity index (χ3v) is 4.66. The zero-order valence-electron chi connectivity index (χ0n) is 14.0. The van der Waals surface area contributed by atoms with E-state index in [9.17, 15) is 4.79 Å². The third kappa shape index (κ3) is 6.69. The van der Waals surface area contributed by atoms with Crippen molar-refractivity contribution < 1.29 is 4.79 Å². The minimum absolute atomic E-state index is 0.373. The van der Waals surface area contributed by atoms with Gasteiger partial charge >= 0.3 is 0 Å². The van der Waals surface area contributed by atoms with E-state index in [1.54, 1.807) is 0 Å². The highest BCUT2D eigenvalue weighted by Gasteiger charge is 2.21. The molecule has 1 rings (SSSR count). The average molecular weight is 279 g/mol. The van der Waals surface area contributed by atoms with Crippen LogP contribution >= 0.6 is 0 Å². The molecule has 0 aromatic carbocycles. The van der Waals surface area contributed by atoms with Gasteiger partial charge in [0.1, 0.15) is 5.78 Å². The maximum Gasteiger partial charge on any atom is 0.137 e. The number of Topliss-reactive ketones (excluding diaryl/α,β-unsaturated/α-hetero) is 1. The van der Waals surface area contributed by atoms with Gasteiger partial charge in [-0.2, -0.15) is 0 Å². The lowest BCUT2D eigenvalue weighted by molar-refractivity contribution is -0.124. The molecule has 0 radical (unpaired) electrons. The normalized spacial score (nSPS) is 18.1. The molecule has 0 heterocycles. The van der Waals surface area contributed by atoms with Crippen molar-refractivity contribution in [2.75, 3.05) is 13.6 Å². The molecular weight excluding hydrogens is 246 g/mol. The summed E-state index contributed by atoms with van der Waals surface area (Å²) in [6.07, 6.45) is 11.5. The zero-order chi connectivity index (χ0) is 15.0. The second-order valence-corrected chi connectivity index (χ2v) is 6.74. The molecule has 116 valence electrons. The molecule has 0 bridgehead atoms. The summed E-state index contributed by atoms with van der Waals surface area (Å²) in [5.74, 6) is 0.881.